The Balaban J connectivity index is 1.60. The van der Waals surface area contributed by atoms with Crippen LogP contribution in [0.2, 0.25) is 0 Å². The molecular weight excluding hydrogens is 280 g/mol. The van der Waals surface area contributed by atoms with Gasteiger partial charge in [-0.25, -0.2) is 0 Å². The summed E-state index contributed by atoms with van der Waals surface area (Å²) in [5, 5.41) is 2.96. The van der Waals surface area contributed by atoms with E-state index in [2.05, 4.69) is 41.5 Å². The van der Waals surface area contributed by atoms with Gasteiger partial charge in [-0.3, -0.25) is 9.78 Å². The smallest absolute Gasteiger partial charge is 0.230 e. The van der Waals surface area contributed by atoms with Gasteiger partial charge in [-0.15, -0.1) is 11.8 Å². The van der Waals surface area contributed by atoms with E-state index in [-0.39, 0.29) is 5.91 Å². The van der Waals surface area contributed by atoms with E-state index in [9.17, 15) is 4.79 Å². The molecule has 1 aromatic carbocycles. The van der Waals surface area contributed by atoms with Crippen molar-refractivity contribution < 1.29 is 4.79 Å². The molecule has 0 fully saturated rings. The second kappa shape index (κ2) is 8.47. The van der Waals surface area contributed by atoms with E-state index < -0.39 is 0 Å². The lowest BCUT2D eigenvalue weighted by Gasteiger charge is -2.06. The van der Waals surface area contributed by atoms with E-state index in [0.29, 0.717) is 12.3 Å². The first kappa shape index (κ1) is 15.6. The van der Waals surface area contributed by atoms with Crippen molar-refractivity contribution in [1.29, 1.82) is 0 Å². The molecule has 0 saturated carbocycles. The first-order valence-corrected chi connectivity index (χ1v) is 8.18. The first-order valence-electron chi connectivity index (χ1n) is 7.03. The summed E-state index contributed by atoms with van der Waals surface area (Å²) in [6.07, 6.45) is 4.43. The number of carbonyl (C=O) groups excluding carboxylic acids is 1. The minimum absolute atomic E-state index is 0.0983. The van der Waals surface area contributed by atoms with Crippen LogP contribution in [0.1, 0.15) is 16.7 Å². The molecule has 4 heteroatoms. The van der Waals surface area contributed by atoms with Gasteiger partial charge >= 0.3 is 0 Å². The summed E-state index contributed by atoms with van der Waals surface area (Å²) in [5.74, 6) is 1.44. The zero-order valence-corrected chi connectivity index (χ0v) is 13.0. The average Bonchev–Trinajstić information content (AvgIpc) is 2.50. The molecule has 21 heavy (non-hydrogen) atoms. The number of pyridine rings is 1. The number of carbonyl (C=O) groups is 1. The van der Waals surface area contributed by atoms with Crippen molar-refractivity contribution >= 4 is 17.7 Å². The van der Waals surface area contributed by atoms with Crippen LogP contribution in [0.4, 0.5) is 0 Å². The normalized spacial score (nSPS) is 10.3. The van der Waals surface area contributed by atoms with Gasteiger partial charge in [0.1, 0.15) is 0 Å². The van der Waals surface area contributed by atoms with Crippen LogP contribution < -0.4 is 5.32 Å². The molecule has 0 aliphatic heterocycles. The fourth-order valence-corrected chi connectivity index (χ4v) is 2.71. The van der Waals surface area contributed by atoms with Crippen molar-refractivity contribution in [2.45, 2.75) is 19.1 Å². The summed E-state index contributed by atoms with van der Waals surface area (Å²) in [7, 11) is 0. The molecule has 0 atom stereocenters. The van der Waals surface area contributed by atoms with Crippen LogP contribution in [-0.4, -0.2) is 23.2 Å². The Morgan fingerprint density at radius 1 is 1.10 bits per heavy atom. The molecule has 1 heterocycles. The molecule has 110 valence electrons. The molecule has 2 rings (SSSR count). The average molecular weight is 300 g/mol. The highest BCUT2D eigenvalue weighted by molar-refractivity contribution is 7.99. The fourth-order valence-electron chi connectivity index (χ4n) is 1.89. The Morgan fingerprint density at radius 3 is 2.52 bits per heavy atom. The molecule has 0 aliphatic carbocycles. The van der Waals surface area contributed by atoms with Gasteiger partial charge in [0, 0.05) is 24.7 Å². The number of amides is 1. The largest absolute Gasteiger partial charge is 0.355 e. The van der Waals surface area contributed by atoms with Gasteiger partial charge in [0.15, 0.2) is 0 Å². The van der Waals surface area contributed by atoms with Crippen LogP contribution in [0.25, 0.3) is 0 Å². The number of aryl methyl sites for hydroxylation is 1. The molecule has 1 amide bonds. The Hall–Kier alpha value is -1.81. The maximum atomic E-state index is 11.7. The maximum Gasteiger partial charge on any atom is 0.230 e. The molecule has 0 radical (unpaired) electrons. The van der Waals surface area contributed by atoms with Gasteiger partial charge in [0.05, 0.1) is 5.75 Å². The van der Waals surface area contributed by atoms with E-state index in [1.54, 1.807) is 24.2 Å². The summed E-state index contributed by atoms with van der Waals surface area (Å²) in [4.78, 5) is 15.7. The third-order valence-electron chi connectivity index (χ3n) is 3.11. The second-order valence-corrected chi connectivity index (χ2v) is 5.92. The van der Waals surface area contributed by atoms with Gasteiger partial charge in [0.25, 0.3) is 0 Å². The monoisotopic (exact) mass is 300 g/mol. The van der Waals surface area contributed by atoms with Crippen molar-refractivity contribution in [3.05, 3.63) is 65.5 Å². The van der Waals surface area contributed by atoms with Crippen LogP contribution in [0, 0.1) is 6.92 Å². The third-order valence-corrected chi connectivity index (χ3v) is 4.11. The molecular formula is C17H20N2OS. The van der Waals surface area contributed by atoms with Crippen molar-refractivity contribution in [2.75, 3.05) is 12.3 Å². The van der Waals surface area contributed by atoms with Gasteiger partial charge in [-0.2, -0.15) is 0 Å². The Bertz CT molecular complexity index is 555. The third kappa shape index (κ3) is 6.00. The molecule has 0 unspecified atom stereocenters. The predicted molar refractivity (Wildman–Crippen MR) is 88.3 cm³/mol. The molecule has 0 bridgehead atoms. The Morgan fingerprint density at radius 2 is 1.81 bits per heavy atom. The minimum atomic E-state index is 0.0983. The Kier molecular flexibility index (Phi) is 6.28. The summed E-state index contributed by atoms with van der Waals surface area (Å²) >= 11 is 1.62. The number of hydrogen-bond donors (Lipinski definition) is 1. The number of nitrogens with one attached hydrogen (secondary N) is 1. The van der Waals surface area contributed by atoms with Crippen molar-refractivity contribution in [3.63, 3.8) is 0 Å². The van der Waals surface area contributed by atoms with E-state index in [4.69, 9.17) is 0 Å². The van der Waals surface area contributed by atoms with Gasteiger partial charge in [-0.05, 0) is 36.6 Å². The number of benzene rings is 1. The molecule has 1 N–H and O–H groups in total. The summed E-state index contributed by atoms with van der Waals surface area (Å²) in [6, 6.07) is 12.4. The lowest BCUT2D eigenvalue weighted by molar-refractivity contribution is -0.118. The highest BCUT2D eigenvalue weighted by Crippen LogP contribution is 2.10. The molecule has 1 aromatic heterocycles. The zero-order valence-electron chi connectivity index (χ0n) is 12.2. The number of thioether (sulfide) groups is 1. The Labute approximate surface area is 130 Å². The van der Waals surface area contributed by atoms with E-state index >= 15 is 0 Å². The first-order chi connectivity index (χ1) is 10.2. The SMILES string of the molecule is Cc1ccc(CCNC(=O)CSCc2ccncc2)cc1. The zero-order chi connectivity index (χ0) is 14.9. The van der Waals surface area contributed by atoms with Crippen molar-refractivity contribution in [2.24, 2.45) is 0 Å². The van der Waals surface area contributed by atoms with Crippen LogP contribution >= 0.6 is 11.8 Å². The minimum Gasteiger partial charge on any atom is -0.355 e. The summed E-state index contributed by atoms with van der Waals surface area (Å²) < 4.78 is 0. The summed E-state index contributed by atoms with van der Waals surface area (Å²) in [6.45, 7) is 2.77. The maximum absolute atomic E-state index is 11.7. The number of nitrogens with zero attached hydrogens (tertiary/aromatic N) is 1. The van der Waals surface area contributed by atoms with Gasteiger partial charge < -0.3 is 5.32 Å². The molecule has 0 spiro atoms. The van der Waals surface area contributed by atoms with Gasteiger partial charge in [0.2, 0.25) is 5.91 Å². The molecule has 3 nitrogen and oxygen atoms in total. The number of hydrogen-bond acceptors (Lipinski definition) is 3. The number of aromatic nitrogens is 1. The highest BCUT2D eigenvalue weighted by atomic mass is 32.2. The predicted octanol–water partition coefficient (Wildman–Crippen LogP) is 2.98. The van der Waals surface area contributed by atoms with Crippen molar-refractivity contribution in [3.8, 4) is 0 Å². The van der Waals surface area contributed by atoms with Crippen LogP contribution in [-0.2, 0) is 17.0 Å². The van der Waals surface area contributed by atoms with E-state index in [1.165, 1.54) is 16.7 Å². The topological polar surface area (TPSA) is 42.0 Å². The van der Waals surface area contributed by atoms with Gasteiger partial charge in [-0.1, -0.05) is 29.8 Å². The standard InChI is InChI=1S/C17H20N2OS/c1-14-2-4-15(5-3-14)8-11-19-17(20)13-21-12-16-6-9-18-10-7-16/h2-7,9-10H,8,11-13H2,1H3,(H,19,20). The molecule has 0 aliphatic rings. The highest BCUT2D eigenvalue weighted by Gasteiger charge is 2.02. The lowest BCUT2D eigenvalue weighted by atomic mass is 10.1. The van der Waals surface area contributed by atoms with Crippen LogP contribution in [0.3, 0.4) is 0 Å². The number of rotatable bonds is 7. The molecule has 2 aromatic rings. The van der Waals surface area contributed by atoms with Crippen LogP contribution in [0.5, 0.6) is 0 Å². The van der Waals surface area contributed by atoms with E-state index in [0.717, 1.165) is 12.2 Å². The second-order valence-electron chi connectivity index (χ2n) is 4.93. The molecule has 0 saturated heterocycles. The van der Waals surface area contributed by atoms with Crippen LogP contribution in [0.15, 0.2) is 48.8 Å². The fraction of sp³-hybridized carbons (Fsp3) is 0.294. The van der Waals surface area contributed by atoms with E-state index in [1.807, 2.05) is 12.1 Å². The van der Waals surface area contributed by atoms with Crippen molar-refractivity contribution in [1.82, 2.24) is 10.3 Å². The lowest BCUT2D eigenvalue weighted by Crippen LogP contribution is -2.27. The quantitative estimate of drug-likeness (QED) is 0.855. The summed E-state index contributed by atoms with van der Waals surface area (Å²) in [5.41, 5.74) is 3.71.